The Labute approximate surface area is 132 Å². The molecule has 0 aliphatic carbocycles. The fourth-order valence-electron chi connectivity index (χ4n) is 2.52. The normalized spacial score (nSPS) is 14.3. The summed E-state index contributed by atoms with van der Waals surface area (Å²) in [6.07, 6.45) is 4.22. The van der Waals surface area contributed by atoms with Crippen molar-refractivity contribution in [3.8, 4) is 0 Å². The van der Waals surface area contributed by atoms with Crippen molar-refractivity contribution < 1.29 is 0 Å². The topological polar surface area (TPSA) is 24.9 Å². The molecule has 0 aliphatic rings. The maximum atomic E-state index is 4.57. The molecule has 3 heteroatoms. The third kappa shape index (κ3) is 4.65. The lowest BCUT2D eigenvalue weighted by Crippen LogP contribution is -2.25. The van der Waals surface area contributed by atoms with E-state index in [1.54, 1.807) is 0 Å². The molecule has 0 amide bonds. The Morgan fingerprint density at radius 2 is 1.86 bits per heavy atom. The summed E-state index contributed by atoms with van der Waals surface area (Å²) >= 11 is 1.82. The number of hydrogen-bond donors (Lipinski definition) is 1. The van der Waals surface area contributed by atoms with E-state index in [9.17, 15) is 0 Å². The molecule has 114 valence electrons. The van der Waals surface area contributed by atoms with E-state index in [2.05, 4.69) is 68.3 Å². The first-order chi connectivity index (χ1) is 10.1. The summed E-state index contributed by atoms with van der Waals surface area (Å²) in [6.45, 7) is 8.96. The van der Waals surface area contributed by atoms with E-state index in [1.165, 1.54) is 15.4 Å². The van der Waals surface area contributed by atoms with Crippen molar-refractivity contribution in [1.82, 2.24) is 10.3 Å². The van der Waals surface area contributed by atoms with Crippen LogP contribution in [-0.2, 0) is 6.42 Å². The average molecular weight is 302 g/mol. The highest BCUT2D eigenvalue weighted by Gasteiger charge is 2.18. The van der Waals surface area contributed by atoms with Crippen LogP contribution in [0.25, 0.3) is 0 Å². The van der Waals surface area contributed by atoms with Crippen molar-refractivity contribution in [2.75, 3.05) is 0 Å². The second-order valence-electron chi connectivity index (χ2n) is 6.00. The smallest absolute Gasteiger partial charge is 0.109 e. The van der Waals surface area contributed by atoms with Crippen molar-refractivity contribution in [2.45, 2.75) is 52.6 Å². The maximum Gasteiger partial charge on any atom is 0.109 e. The number of thiazole rings is 1. The van der Waals surface area contributed by atoms with Gasteiger partial charge in [0.2, 0.25) is 0 Å². The lowest BCUT2D eigenvalue weighted by atomic mass is 9.96. The Morgan fingerprint density at radius 3 is 2.43 bits per heavy atom. The number of hydrogen-bond acceptors (Lipinski definition) is 3. The molecule has 1 N–H and O–H groups in total. The molecule has 1 aromatic carbocycles. The quantitative estimate of drug-likeness (QED) is 0.765. The minimum atomic E-state index is 0.291. The summed E-state index contributed by atoms with van der Waals surface area (Å²) in [4.78, 5) is 5.93. The first kappa shape index (κ1) is 16.2. The fraction of sp³-hybridized carbons (Fsp3) is 0.500. The first-order valence-corrected chi connectivity index (χ1v) is 8.67. The Balaban J connectivity index is 2.11. The molecule has 2 rings (SSSR count). The van der Waals surface area contributed by atoms with Gasteiger partial charge in [-0.3, -0.25) is 0 Å². The molecule has 21 heavy (non-hydrogen) atoms. The van der Waals surface area contributed by atoms with E-state index in [0.717, 1.165) is 12.8 Å². The van der Waals surface area contributed by atoms with Gasteiger partial charge in [-0.25, -0.2) is 4.98 Å². The van der Waals surface area contributed by atoms with Crippen molar-refractivity contribution in [1.29, 1.82) is 0 Å². The molecule has 0 radical (unpaired) electrons. The van der Waals surface area contributed by atoms with Gasteiger partial charge in [0.15, 0.2) is 0 Å². The summed E-state index contributed by atoms with van der Waals surface area (Å²) in [5, 5.41) is 4.96. The summed E-state index contributed by atoms with van der Waals surface area (Å²) in [7, 11) is 0. The summed E-state index contributed by atoms with van der Waals surface area (Å²) in [6, 6.07) is 11.4. The Hall–Kier alpha value is -1.19. The third-order valence-corrected chi connectivity index (χ3v) is 4.97. The molecule has 1 aromatic heterocycles. The molecule has 2 unspecified atom stereocenters. The van der Waals surface area contributed by atoms with Gasteiger partial charge in [0.1, 0.15) is 5.01 Å². The van der Waals surface area contributed by atoms with Crippen LogP contribution in [0.15, 0.2) is 36.5 Å². The van der Waals surface area contributed by atoms with Crippen LogP contribution in [0.1, 0.15) is 61.6 Å². The average Bonchev–Trinajstić information content (AvgIpc) is 2.96. The van der Waals surface area contributed by atoms with Gasteiger partial charge in [0.05, 0.1) is 6.04 Å². The number of benzene rings is 1. The van der Waals surface area contributed by atoms with Crippen LogP contribution in [-0.4, -0.2) is 4.98 Å². The Morgan fingerprint density at radius 1 is 1.14 bits per heavy atom. The first-order valence-electron chi connectivity index (χ1n) is 7.85. The van der Waals surface area contributed by atoms with Gasteiger partial charge in [0.25, 0.3) is 0 Å². The van der Waals surface area contributed by atoms with Gasteiger partial charge in [-0.15, -0.1) is 11.3 Å². The number of nitrogens with one attached hydrogen (secondary N) is 1. The van der Waals surface area contributed by atoms with Crippen LogP contribution >= 0.6 is 11.3 Å². The minimum Gasteiger partial charge on any atom is -0.301 e. The molecular formula is C18H26N2S. The van der Waals surface area contributed by atoms with Crippen LogP contribution in [0.3, 0.4) is 0 Å². The number of aromatic nitrogens is 1. The summed E-state index contributed by atoms with van der Waals surface area (Å²) in [5.41, 5.74) is 1.37. The van der Waals surface area contributed by atoms with E-state index in [0.29, 0.717) is 18.0 Å². The fourth-order valence-corrected chi connectivity index (χ4v) is 3.39. The van der Waals surface area contributed by atoms with E-state index in [-0.39, 0.29) is 0 Å². The third-order valence-electron chi connectivity index (χ3n) is 3.65. The maximum absolute atomic E-state index is 4.57. The van der Waals surface area contributed by atoms with Gasteiger partial charge >= 0.3 is 0 Å². The molecule has 2 aromatic rings. The van der Waals surface area contributed by atoms with E-state index < -0.39 is 0 Å². The van der Waals surface area contributed by atoms with Crippen LogP contribution in [0.5, 0.6) is 0 Å². The second-order valence-corrected chi connectivity index (χ2v) is 7.15. The van der Waals surface area contributed by atoms with Gasteiger partial charge in [-0.1, -0.05) is 51.1 Å². The summed E-state index contributed by atoms with van der Waals surface area (Å²) < 4.78 is 0. The SMILES string of the molecule is CCc1cnc(C(C)NC(CC(C)C)c2ccccc2)s1. The summed E-state index contributed by atoms with van der Waals surface area (Å²) in [5.74, 6) is 0.664. The standard InChI is InChI=1S/C18H26N2S/c1-5-16-12-19-18(21-16)14(4)20-17(11-13(2)3)15-9-7-6-8-10-15/h6-10,12-14,17,20H,5,11H2,1-4H3. The Kier molecular flexibility index (Phi) is 5.95. The second kappa shape index (κ2) is 7.71. The molecule has 0 saturated heterocycles. The number of nitrogens with zero attached hydrogens (tertiary/aromatic N) is 1. The van der Waals surface area contributed by atoms with Crippen molar-refractivity contribution in [2.24, 2.45) is 5.92 Å². The molecule has 2 nitrogen and oxygen atoms in total. The Bertz CT molecular complexity index is 533. The largest absolute Gasteiger partial charge is 0.301 e. The van der Waals surface area contributed by atoms with Crippen molar-refractivity contribution in [3.63, 3.8) is 0 Å². The number of rotatable bonds is 7. The molecule has 0 fully saturated rings. The lowest BCUT2D eigenvalue weighted by Gasteiger charge is -2.24. The van der Waals surface area contributed by atoms with E-state index >= 15 is 0 Å². The van der Waals surface area contributed by atoms with Crippen molar-refractivity contribution in [3.05, 3.63) is 52.0 Å². The molecular weight excluding hydrogens is 276 g/mol. The molecule has 0 bridgehead atoms. The van der Waals surface area contributed by atoms with E-state index in [4.69, 9.17) is 0 Å². The van der Waals surface area contributed by atoms with Gasteiger partial charge in [0, 0.05) is 17.1 Å². The highest BCUT2D eigenvalue weighted by atomic mass is 32.1. The zero-order valence-corrected chi connectivity index (χ0v) is 14.3. The predicted octanol–water partition coefficient (Wildman–Crippen LogP) is 5.14. The van der Waals surface area contributed by atoms with Crippen molar-refractivity contribution >= 4 is 11.3 Å². The highest BCUT2D eigenvalue weighted by Crippen LogP contribution is 2.27. The van der Waals surface area contributed by atoms with Gasteiger partial charge in [-0.05, 0) is 31.2 Å². The molecule has 0 aliphatic heterocycles. The minimum absolute atomic E-state index is 0.291. The zero-order chi connectivity index (χ0) is 15.2. The molecule has 2 atom stereocenters. The van der Waals surface area contributed by atoms with E-state index in [1.807, 2.05) is 17.5 Å². The van der Waals surface area contributed by atoms with Gasteiger partial charge < -0.3 is 5.32 Å². The van der Waals surface area contributed by atoms with Gasteiger partial charge in [-0.2, -0.15) is 0 Å². The molecule has 1 heterocycles. The highest BCUT2D eigenvalue weighted by molar-refractivity contribution is 7.11. The van der Waals surface area contributed by atoms with Crippen LogP contribution in [0.4, 0.5) is 0 Å². The number of aryl methyl sites for hydroxylation is 1. The molecule has 0 spiro atoms. The predicted molar refractivity (Wildman–Crippen MR) is 91.7 cm³/mol. The van der Waals surface area contributed by atoms with Crippen LogP contribution in [0.2, 0.25) is 0 Å². The van der Waals surface area contributed by atoms with Crippen LogP contribution < -0.4 is 5.32 Å². The van der Waals surface area contributed by atoms with Crippen LogP contribution in [0, 0.1) is 5.92 Å². The zero-order valence-electron chi connectivity index (χ0n) is 13.5. The lowest BCUT2D eigenvalue weighted by molar-refractivity contribution is 0.394. The monoisotopic (exact) mass is 302 g/mol. The molecule has 0 saturated carbocycles.